The molecule has 1 aromatic heterocycles. The number of hydrogen-bond acceptors (Lipinski definition) is 2. The average molecular weight is 236 g/mol. The highest BCUT2D eigenvalue weighted by atomic mass is 35.5. The van der Waals surface area contributed by atoms with Gasteiger partial charge in [-0.05, 0) is 12.1 Å². The van der Waals surface area contributed by atoms with E-state index in [1.54, 1.807) is 25.4 Å². The molecule has 2 aromatic rings. The molecule has 0 aliphatic rings. The summed E-state index contributed by atoms with van der Waals surface area (Å²) in [6.45, 7) is 0. The predicted octanol–water partition coefficient (Wildman–Crippen LogP) is 2.34. The number of amides is 1. The highest BCUT2D eigenvalue weighted by Gasteiger charge is 2.15. The molecule has 82 valence electrons. The van der Waals surface area contributed by atoms with Gasteiger partial charge < -0.3 is 4.90 Å². The van der Waals surface area contributed by atoms with Crippen LogP contribution in [0.15, 0.2) is 36.7 Å². The number of anilines is 1. The molecular weight excluding hydrogens is 226 g/mol. The van der Waals surface area contributed by atoms with Crippen molar-refractivity contribution in [3.63, 3.8) is 0 Å². The van der Waals surface area contributed by atoms with Gasteiger partial charge in [-0.1, -0.05) is 23.7 Å². The third-order valence-corrected chi connectivity index (χ3v) is 2.58. The Morgan fingerprint density at radius 1 is 1.44 bits per heavy atom. The molecule has 5 heteroatoms. The Morgan fingerprint density at radius 3 is 2.81 bits per heavy atom. The van der Waals surface area contributed by atoms with Crippen molar-refractivity contribution >= 4 is 23.2 Å². The van der Waals surface area contributed by atoms with Crippen LogP contribution in [-0.4, -0.2) is 23.2 Å². The molecule has 1 N–H and O–H groups in total. The van der Waals surface area contributed by atoms with Crippen LogP contribution in [0.4, 0.5) is 5.69 Å². The van der Waals surface area contributed by atoms with E-state index in [0.29, 0.717) is 16.3 Å². The molecule has 0 unspecified atom stereocenters. The standard InChI is InChI=1S/C11H10ClN3O/c1-15(10-5-3-2-4-9(10)12)11(16)8-6-13-14-7-8/h2-7H,1H3,(H,13,14). The van der Waals surface area contributed by atoms with Gasteiger partial charge in [0.2, 0.25) is 0 Å². The van der Waals surface area contributed by atoms with E-state index in [4.69, 9.17) is 11.6 Å². The highest BCUT2D eigenvalue weighted by molar-refractivity contribution is 6.34. The SMILES string of the molecule is CN(C(=O)c1cn[nH]c1)c1ccccc1Cl. The summed E-state index contributed by atoms with van der Waals surface area (Å²) in [5.41, 5.74) is 1.18. The van der Waals surface area contributed by atoms with Crippen LogP contribution >= 0.6 is 11.6 Å². The monoisotopic (exact) mass is 235 g/mol. The van der Waals surface area contributed by atoms with Gasteiger partial charge in [-0.2, -0.15) is 5.10 Å². The molecule has 0 atom stereocenters. The van der Waals surface area contributed by atoms with E-state index in [0.717, 1.165) is 0 Å². The smallest absolute Gasteiger partial charge is 0.261 e. The maximum absolute atomic E-state index is 12.0. The lowest BCUT2D eigenvalue weighted by Crippen LogP contribution is -2.26. The lowest BCUT2D eigenvalue weighted by Gasteiger charge is -2.17. The highest BCUT2D eigenvalue weighted by Crippen LogP contribution is 2.25. The Balaban J connectivity index is 2.30. The molecule has 0 saturated carbocycles. The van der Waals surface area contributed by atoms with Crippen molar-refractivity contribution in [2.24, 2.45) is 0 Å². The Labute approximate surface area is 97.8 Å². The molecule has 0 aliphatic carbocycles. The van der Waals surface area contributed by atoms with Gasteiger partial charge in [0.25, 0.3) is 5.91 Å². The van der Waals surface area contributed by atoms with Crippen molar-refractivity contribution in [1.82, 2.24) is 10.2 Å². The van der Waals surface area contributed by atoms with Crippen LogP contribution in [0, 0.1) is 0 Å². The number of carbonyl (C=O) groups is 1. The van der Waals surface area contributed by atoms with E-state index in [1.807, 2.05) is 12.1 Å². The van der Waals surface area contributed by atoms with E-state index < -0.39 is 0 Å². The quantitative estimate of drug-likeness (QED) is 0.869. The fourth-order valence-corrected chi connectivity index (χ4v) is 1.66. The molecule has 1 aromatic carbocycles. The number of halogens is 1. The third-order valence-electron chi connectivity index (χ3n) is 2.26. The number of nitrogens with zero attached hydrogens (tertiary/aromatic N) is 2. The van der Waals surface area contributed by atoms with Crippen LogP contribution in [-0.2, 0) is 0 Å². The van der Waals surface area contributed by atoms with Crippen molar-refractivity contribution in [2.45, 2.75) is 0 Å². The average Bonchev–Trinajstić information content (AvgIpc) is 2.81. The van der Waals surface area contributed by atoms with E-state index in [-0.39, 0.29) is 5.91 Å². The van der Waals surface area contributed by atoms with Gasteiger partial charge in [0, 0.05) is 13.2 Å². The van der Waals surface area contributed by atoms with Gasteiger partial charge >= 0.3 is 0 Å². The number of H-pyrrole nitrogens is 1. The molecule has 0 bridgehead atoms. The maximum atomic E-state index is 12.0. The molecule has 0 spiro atoms. The summed E-state index contributed by atoms with van der Waals surface area (Å²) in [6, 6.07) is 7.19. The molecule has 0 saturated heterocycles. The van der Waals surface area contributed by atoms with Crippen LogP contribution in [0.2, 0.25) is 5.02 Å². The number of carbonyl (C=O) groups excluding carboxylic acids is 1. The number of aromatic nitrogens is 2. The molecule has 0 aliphatic heterocycles. The molecule has 2 rings (SSSR count). The van der Waals surface area contributed by atoms with Crippen LogP contribution in [0.5, 0.6) is 0 Å². The third kappa shape index (κ3) is 1.92. The lowest BCUT2D eigenvalue weighted by atomic mass is 10.2. The normalized spacial score (nSPS) is 10.1. The first-order valence-corrected chi connectivity index (χ1v) is 5.09. The number of nitrogens with one attached hydrogen (secondary N) is 1. The van der Waals surface area contributed by atoms with Gasteiger partial charge in [-0.25, -0.2) is 0 Å². The van der Waals surface area contributed by atoms with E-state index in [1.165, 1.54) is 11.1 Å². The second kappa shape index (κ2) is 4.37. The van der Waals surface area contributed by atoms with Crippen molar-refractivity contribution in [3.05, 3.63) is 47.2 Å². The van der Waals surface area contributed by atoms with Crippen molar-refractivity contribution < 1.29 is 4.79 Å². The minimum absolute atomic E-state index is 0.151. The summed E-state index contributed by atoms with van der Waals surface area (Å²) in [5.74, 6) is -0.151. The van der Waals surface area contributed by atoms with E-state index in [2.05, 4.69) is 10.2 Å². The van der Waals surface area contributed by atoms with Crippen molar-refractivity contribution in [2.75, 3.05) is 11.9 Å². The first-order valence-electron chi connectivity index (χ1n) is 4.71. The maximum Gasteiger partial charge on any atom is 0.261 e. The molecule has 0 radical (unpaired) electrons. The molecule has 0 fully saturated rings. The summed E-state index contributed by atoms with van der Waals surface area (Å²) in [7, 11) is 1.68. The van der Waals surface area contributed by atoms with Crippen molar-refractivity contribution in [3.8, 4) is 0 Å². The Hall–Kier alpha value is -1.81. The van der Waals surface area contributed by atoms with Crippen LogP contribution in [0.25, 0.3) is 0 Å². The fourth-order valence-electron chi connectivity index (χ4n) is 1.39. The van der Waals surface area contributed by atoms with Crippen molar-refractivity contribution in [1.29, 1.82) is 0 Å². The Bertz CT molecular complexity index is 496. The second-order valence-corrected chi connectivity index (χ2v) is 3.71. The number of para-hydroxylation sites is 1. The van der Waals surface area contributed by atoms with Gasteiger partial charge in [0.05, 0.1) is 22.5 Å². The fraction of sp³-hybridized carbons (Fsp3) is 0.0909. The molecule has 1 heterocycles. The van der Waals surface area contributed by atoms with Crippen LogP contribution in [0.1, 0.15) is 10.4 Å². The lowest BCUT2D eigenvalue weighted by molar-refractivity contribution is 0.0993. The zero-order chi connectivity index (χ0) is 11.5. The Kier molecular flexibility index (Phi) is 2.92. The minimum Gasteiger partial charge on any atom is -0.310 e. The number of rotatable bonds is 2. The van der Waals surface area contributed by atoms with Gasteiger partial charge in [-0.3, -0.25) is 9.89 Å². The second-order valence-electron chi connectivity index (χ2n) is 3.30. The zero-order valence-electron chi connectivity index (χ0n) is 8.64. The van der Waals surface area contributed by atoms with Crippen LogP contribution in [0.3, 0.4) is 0 Å². The topological polar surface area (TPSA) is 49.0 Å². The number of aromatic amines is 1. The number of benzene rings is 1. The minimum atomic E-state index is -0.151. The first kappa shape index (κ1) is 10.7. The van der Waals surface area contributed by atoms with E-state index in [9.17, 15) is 4.79 Å². The first-order chi connectivity index (χ1) is 7.70. The van der Waals surface area contributed by atoms with E-state index >= 15 is 0 Å². The molecule has 1 amide bonds. The number of hydrogen-bond donors (Lipinski definition) is 1. The largest absolute Gasteiger partial charge is 0.310 e. The van der Waals surface area contributed by atoms with Gasteiger partial charge in [-0.15, -0.1) is 0 Å². The summed E-state index contributed by atoms with van der Waals surface area (Å²) < 4.78 is 0. The molecular formula is C11H10ClN3O. The Morgan fingerprint density at radius 2 is 2.19 bits per heavy atom. The van der Waals surface area contributed by atoms with Crippen LogP contribution < -0.4 is 4.90 Å². The summed E-state index contributed by atoms with van der Waals surface area (Å²) in [4.78, 5) is 13.5. The summed E-state index contributed by atoms with van der Waals surface area (Å²) >= 11 is 6.01. The zero-order valence-corrected chi connectivity index (χ0v) is 9.40. The predicted molar refractivity (Wildman–Crippen MR) is 62.8 cm³/mol. The summed E-state index contributed by atoms with van der Waals surface area (Å²) in [5, 5.41) is 6.88. The molecule has 16 heavy (non-hydrogen) atoms. The molecule has 4 nitrogen and oxygen atoms in total. The van der Waals surface area contributed by atoms with Gasteiger partial charge in [0.1, 0.15) is 0 Å². The van der Waals surface area contributed by atoms with Gasteiger partial charge in [0.15, 0.2) is 0 Å². The summed E-state index contributed by atoms with van der Waals surface area (Å²) in [6.07, 6.45) is 3.03.